The van der Waals surface area contributed by atoms with Gasteiger partial charge in [0, 0.05) is 12.6 Å². The van der Waals surface area contributed by atoms with Gasteiger partial charge in [-0.3, -0.25) is 4.79 Å². The van der Waals surface area contributed by atoms with Gasteiger partial charge in [-0.25, -0.2) is 13.4 Å². The molecule has 3 rings (SSSR count). The van der Waals surface area contributed by atoms with Gasteiger partial charge in [0.05, 0.1) is 29.1 Å². The zero-order valence-electron chi connectivity index (χ0n) is 19.3. The molecule has 0 aliphatic rings. The number of aryl methyl sites for hydroxylation is 1. The Morgan fingerprint density at radius 3 is 2.44 bits per heavy atom. The van der Waals surface area contributed by atoms with Crippen LogP contribution in [0.3, 0.4) is 0 Å². The van der Waals surface area contributed by atoms with Gasteiger partial charge in [-0.15, -0.1) is 11.3 Å². The molecule has 3 aromatic rings. The highest BCUT2D eigenvalue weighted by atomic mass is 32.2. The van der Waals surface area contributed by atoms with Crippen molar-refractivity contribution in [2.75, 3.05) is 0 Å². The molecular weight excluding hydrogens is 442 g/mol. The second-order valence-corrected chi connectivity index (χ2v) is 11.6. The summed E-state index contributed by atoms with van der Waals surface area (Å²) in [5, 5.41) is 1.95. The number of nitrogens with zero attached hydrogens (tertiary/aromatic N) is 3. The van der Waals surface area contributed by atoms with E-state index in [1.165, 1.54) is 11.3 Å². The van der Waals surface area contributed by atoms with E-state index in [0.717, 1.165) is 16.8 Å². The van der Waals surface area contributed by atoms with Gasteiger partial charge < -0.3 is 9.47 Å². The van der Waals surface area contributed by atoms with Gasteiger partial charge in [0.1, 0.15) is 0 Å². The summed E-state index contributed by atoms with van der Waals surface area (Å²) in [6.45, 7) is 10.7. The first kappa shape index (κ1) is 24.2. The predicted octanol–water partition coefficient (Wildman–Crippen LogP) is 4.93. The molecule has 0 fully saturated rings. The fraction of sp³-hybridized carbons (Fsp3) is 0.417. The molecule has 0 unspecified atom stereocenters. The largest absolute Gasteiger partial charge is 0.330 e. The first-order valence-electron chi connectivity index (χ1n) is 10.8. The Labute approximate surface area is 194 Å². The van der Waals surface area contributed by atoms with Crippen molar-refractivity contribution in [1.82, 2.24) is 14.5 Å². The lowest BCUT2D eigenvalue weighted by Crippen LogP contribution is -2.36. The highest BCUT2D eigenvalue weighted by molar-refractivity contribution is 7.90. The van der Waals surface area contributed by atoms with Crippen LogP contribution in [0.1, 0.15) is 54.2 Å². The summed E-state index contributed by atoms with van der Waals surface area (Å²) < 4.78 is 28.5. The number of hydrogen-bond acceptors (Lipinski definition) is 5. The van der Waals surface area contributed by atoms with E-state index < -0.39 is 9.84 Å². The molecule has 1 aromatic carbocycles. The van der Waals surface area contributed by atoms with Crippen molar-refractivity contribution in [2.45, 2.75) is 64.7 Å². The lowest BCUT2D eigenvalue weighted by Gasteiger charge is -2.27. The van der Waals surface area contributed by atoms with Crippen LogP contribution < -0.4 is 0 Å². The Morgan fingerprint density at radius 2 is 1.84 bits per heavy atom. The zero-order chi connectivity index (χ0) is 23.5. The summed E-state index contributed by atoms with van der Waals surface area (Å²) in [6.07, 6.45) is 1.60. The van der Waals surface area contributed by atoms with Gasteiger partial charge in [-0.1, -0.05) is 44.2 Å². The highest BCUT2D eigenvalue weighted by Gasteiger charge is 2.27. The Balaban J connectivity index is 1.97. The number of carbonyl (C=O) groups excluding carboxylic acids is 1. The SMILES string of the molecule is Cc1ccccc1CS(=O)(=O)c1ncc(CN(C(=O)c2cccs2)C(C)C)n1CC(C)C. The van der Waals surface area contributed by atoms with E-state index in [9.17, 15) is 13.2 Å². The fourth-order valence-electron chi connectivity index (χ4n) is 3.57. The average molecular weight is 474 g/mol. The van der Waals surface area contributed by atoms with E-state index in [1.54, 1.807) is 15.7 Å². The molecule has 32 heavy (non-hydrogen) atoms. The van der Waals surface area contributed by atoms with Gasteiger partial charge >= 0.3 is 0 Å². The van der Waals surface area contributed by atoms with Crippen molar-refractivity contribution in [2.24, 2.45) is 5.92 Å². The molecule has 0 radical (unpaired) electrons. The predicted molar refractivity (Wildman–Crippen MR) is 128 cm³/mol. The van der Waals surface area contributed by atoms with Crippen LogP contribution in [0.5, 0.6) is 0 Å². The molecule has 0 saturated carbocycles. The number of benzene rings is 1. The molecule has 0 aliphatic heterocycles. The molecule has 0 bridgehead atoms. The third kappa shape index (κ3) is 5.48. The number of thiophene rings is 1. The quantitative estimate of drug-likeness (QED) is 0.442. The summed E-state index contributed by atoms with van der Waals surface area (Å²) in [7, 11) is -3.66. The Bertz CT molecular complexity index is 1160. The number of carbonyl (C=O) groups is 1. The average Bonchev–Trinajstić information content (AvgIpc) is 3.37. The van der Waals surface area contributed by atoms with Crippen molar-refractivity contribution >= 4 is 27.1 Å². The number of sulfone groups is 1. The van der Waals surface area contributed by atoms with E-state index >= 15 is 0 Å². The molecule has 0 spiro atoms. The van der Waals surface area contributed by atoms with Crippen LogP contribution in [0.2, 0.25) is 0 Å². The second-order valence-electron chi connectivity index (χ2n) is 8.73. The van der Waals surface area contributed by atoms with Crippen LogP contribution in [0.4, 0.5) is 0 Å². The van der Waals surface area contributed by atoms with Crippen molar-refractivity contribution in [3.8, 4) is 0 Å². The Hall–Kier alpha value is -2.45. The maximum Gasteiger partial charge on any atom is 0.264 e. The van der Waals surface area contributed by atoms with Crippen molar-refractivity contribution < 1.29 is 13.2 Å². The summed E-state index contributed by atoms with van der Waals surface area (Å²) in [5.74, 6) is 0.0587. The van der Waals surface area contributed by atoms with Crippen molar-refractivity contribution in [1.29, 1.82) is 0 Å². The number of hydrogen-bond donors (Lipinski definition) is 0. The molecular formula is C24H31N3O3S2. The topological polar surface area (TPSA) is 72.3 Å². The minimum Gasteiger partial charge on any atom is -0.330 e. The normalized spacial score (nSPS) is 12.0. The number of amides is 1. The van der Waals surface area contributed by atoms with Crippen molar-refractivity contribution in [3.63, 3.8) is 0 Å². The number of rotatable bonds is 9. The van der Waals surface area contributed by atoms with Crippen LogP contribution in [0.25, 0.3) is 0 Å². The van der Waals surface area contributed by atoms with Gasteiger partial charge in [0.2, 0.25) is 15.0 Å². The molecule has 2 heterocycles. The molecule has 6 nitrogen and oxygen atoms in total. The first-order valence-corrected chi connectivity index (χ1v) is 13.3. The monoisotopic (exact) mass is 473 g/mol. The molecule has 2 aromatic heterocycles. The van der Waals surface area contributed by atoms with Crippen LogP contribution in [-0.4, -0.2) is 34.8 Å². The zero-order valence-corrected chi connectivity index (χ0v) is 20.9. The first-order chi connectivity index (χ1) is 15.1. The summed E-state index contributed by atoms with van der Waals surface area (Å²) in [6, 6.07) is 11.1. The van der Waals surface area contributed by atoms with E-state index in [1.807, 2.05) is 76.4 Å². The summed E-state index contributed by atoms with van der Waals surface area (Å²) in [5.41, 5.74) is 2.43. The molecule has 172 valence electrons. The third-order valence-corrected chi connectivity index (χ3v) is 7.71. The third-order valence-electron chi connectivity index (χ3n) is 5.28. The Morgan fingerprint density at radius 1 is 1.12 bits per heavy atom. The van der Waals surface area contributed by atoms with Gasteiger partial charge in [-0.2, -0.15) is 0 Å². The lowest BCUT2D eigenvalue weighted by molar-refractivity contribution is 0.0690. The van der Waals surface area contributed by atoms with E-state index in [2.05, 4.69) is 4.98 Å². The van der Waals surface area contributed by atoms with Crippen LogP contribution >= 0.6 is 11.3 Å². The van der Waals surface area contributed by atoms with Crippen LogP contribution in [0.15, 0.2) is 53.1 Å². The van der Waals surface area contributed by atoms with Crippen molar-refractivity contribution in [3.05, 3.63) is 69.7 Å². The Kier molecular flexibility index (Phi) is 7.56. The fourth-order valence-corrected chi connectivity index (χ4v) is 5.86. The summed E-state index contributed by atoms with van der Waals surface area (Å²) in [4.78, 5) is 19.8. The summed E-state index contributed by atoms with van der Waals surface area (Å²) >= 11 is 1.40. The molecule has 0 aliphatic carbocycles. The smallest absolute Gasteiger partial charge is 0.264 e. The van der Waals surface area contributed by atoms with Gasteiger partial charge in [0.15, 0.2) is 0 Å². The second kappa shape index (κ2) is 10.0. The highest BCUT2D eigenvalue weighted by Crippen LogP contribution is 2.23. The lowest BCUT2D eigenvalue weighted by atomic mass is 10.1. The maximum absolute atomic E-state index is 13.3. The minimum absolute atomic E-state index is 0.0426. The maximum atomic E-state index is 13.3. The van der Waals surface area contributed by atoms with E-state index in [-0.39, 0.29) is 28.8 Å². The molecule has 0 N–H and O–H groups in total. The standard InChI is InChI=1S/C24H31N3O3S2/c1-17(2)14-27-21(15-26(18(3)4)23(28)22-11-8-12-31-22)13-25-24(27)32(29,30)16-20-10-7-6-9-19(20)5/h6-13,17-18H,14-16H2,1-5H3. The molecule has 1 amide bonds. The minimum atomic E-state index is -3.66. The van der Waals surface area contributed by atoms with E-state index in [4.69, 9.17) is 0 Å². The van der Waals surface area contributed by atoms with E-state index in [0.29, 0.717) is 18.0 Å². The number of aromatic nitrogens is 2. The number of imidazole rings is 1. The van der Waals surface area contributed by atoms with Crippen LogP contribution in [-0.2, 0) is 28.7 Å². The van der Waals surface area contributed by atoms with Gasteiger partial charge in [-0.05, 0) is 49.3 Å². The van der Waals surface area contributed by atoms with Gasteiger partial charge in [0.25, 0.3) is 5.91 Å². The molecule has 8 heteroatoms. The van der Waals surface area contributed by atoms with Crippen LogP contribution in [0, 0.1) is 12.8 Å². The molecule has 0 atom stereocenters. The molecule has 0 saturated heterocycles.